The first kappa shape index (κ1) is 16.5. The van der Waals surface area contributed by atoms with E-state index in [-0.39, 0.29) is 5.91 Å². The molecule has 1 aliphatic heterocycles. The topological polar surface area (TPSA) is 61.4 Å². The molecular formula is C20H21N5O. The van der Waals surface area contributed by atoms with Gasteiger partial charge >= 0.3 is 0 Å². The van der Waals surface area contributed by atoms with Crippen LogP contribution >= 0.6 is 0 Å². The summed E-state index contributed by atoms with van der Waals surface area (Å²) in [6.45, 7) is 4.06. The fourth-order valence-electron chi connectivity index (χ4n) is 3.26. The summed E-state index contributed by atoms with van der Waals surface area (Å²) in [4.78, 5) is 25.8. The number of pyridine rings is 2. The summed E-state index contributed by atoms with van der Waals surface area (Å²) < 4.78 is 0. The maximum Gasteiger partial charge on any atom is 0.274 e. The summed E-state index contributed by atoms with van der Waals surface area (Å²) in [6.07, 6.45) is 3.37. The van der Waals surface area contributed by atoms with E-state index in [1.165, 1.54) is 0 Å². The van der Waals surface area contributed by atoms with Gasteiger partial charge in [-0.2, -0.15) is 0 Å². The first-order valence-electron chi connectivity index (χ1n) is 8.76. The summed E-state index contributed by atoms with van der Waals surface area (Å²) in [7, 11) is 2.15. The molecule has 0 atom stereocenters. The van der Waals surface area contributed by atoms with Gasteiger partial charge in [-0.1, -0.05) is 6.07 Å². The van der Waals surface area contributed by atoms with Crippen molar-refractivity contribution < 1.29 is 4.79 Å². The minimum Gasteiger partial charge on any atom is -0.368 e. The average molecular weight is 347 g/mol. The van der Waals surface area contributed by atoms with Gasteiger partial charge in [0.05, 0.1) is 11.2 Å². The van der Waals surface area contributed by atoms with Gasteiger partial charge in [0.25, 0.3) is 5.91 Å². The molecule has 6 heteroatoms. The van der Waals surface area contributed by atoms with Crippen LogP contribution in [0.5, 0.6) is 0 Å². The highest BCUT2D eigenvalue weighted by Crippen LogP contribution is 2.31. The smallest absolute Gasteiger partial charge is 0.274 e. The number of aromatic nitrogens is 2. The zero-order valence-corrected chi connectivity index (χ0v) is 14.7. The third-order valence-electron chi connectivity index (χ3n) is 4.74. The lowest BCUT2D eigenvalue weighted by molar-refractivity contribution is 0.102. The molecule has 1 N–H and O–H groups in total. The van der Waals surface area contributed by atoms with Crippen LogP contribution in [0.25, 0.3) is 10.9 Å². The van der Waals surface area contributed by atoms with E-state index in [0.29, 0.717) is 11.4 Å². The quantitative estimate of drug-likeness (QED) is 0.789. The van der Waals surface area contributed by atoms with Crippen molar-refractivity contribution in [1.82, 2.24) is 14.9 Å². The number of hydrogen-bond donors (Lipinski definition) is 1. The average Bonchev–Trinajstić information content (AvgIpc) is 2.70. The standard InChI is InChI=1S/C20H21N5O/c1-24-11-13-25(14-12-24)18-8-7-16(19-15(18)5-4-10-22-19)23-20(26)17-6-2-3-9-21-17/h2-10H,11-14H2,1H3,(H,23,26). The van der Waals surface area contributed by atoms with Gasteiger partial charge in [0, 0.05) is 49.6 Å². The van der Waals surface area contributed by atoms with Crippen LogP contribution in [0.4, 0.5) is 11.4 Å². The largest absolute Gasteiger partial charge is 0.368 e. The Balaban J connectivity index is 1.67. The summed E-state index contributed by atoms with van der Waals surface area (Å²) in [5, 5.41) is 4.00. The van der Waals surface area contributed by atoms with Crippen molar-refractivity contribution in [2.45, 2.75) is 0 Å². The second-order valence-electron chi connectivity index (χ2n) is 6.49. The molecule has 3 aromatic rings. The molecule has 0 radical (unpaired) electrons. The Morgan fingerprint density at radius 3 is 2.54 bits per heavy atom. The lowest BCUT2D eigenvalue weighted by atomic mass is 10.1. The van der Waals surface area contributed by atoms with Crippen molar-refractivity contribution in [2.24, 2.45) is 0 Å². The fraction of sp³-hybridized carbons (Fsp3) is 0.250. The first-order valence-corrected chi connectivity index (χ1v) is 8.76. The van der Waals surface area contributed by atoms with Crippen LogP contribution in [0.15, 0.2) is 54.9 Å². The van der Waals surface area contributed by atoms with E-state index in [2.05, 4.69) is 44.3 Å². The molecule has 0 spiro atoms. The Morgan fingerprint density at radius 2 is 1.77 bits per heavy atom. The third-order valence-corrected chi connectivity index (χ3v) is 4.74. The van der Waals surface area contributed by atoms with Gasteiger partial charge in [0.1, 0.15) is 5.69 Å². The van der Waals surface area contributed by atoms with Crippen molar-refractivity contribution >= 4 is 28.2 Å². The lowest BCUT2D eigenvalue weighted by Crippen LogP contribution is -2.44. The summed E-state index contributed by atoms with van der Waals surface area (Å²) in [5.41, 5.74) is 3.05. The highest BCUT2D eigenvalue weighted by Gasteiger charge is 2.18. The minimum atomic E-state index is -0.232. The molecule has 1 aromatic carbocycles. The molecule has 1 fully saturated rings. The van der Waals surface area contributed by atoms with E-state index in [4.69, 9.17) is 0 Å². The third kappa shape index (κ3) is 3.23. The van der Waals surface area contributed by atoms with E-state index in [1.807, 2.05) is 12.1 Å². The summed E-state index contributed by atoms with van der Waals surface area (Å²) in [5.74, 6) is -0.232. The van der Waals surface area contributed by atoms with Gasteiger partial charge < -0.3 is 15.1 Å². The number of nitrogens with one attached hydrogen (secondary N) is 1. The van der Waals surface area contributed by atoms with Crippen LogP contribution < -0.4 is 10.2 Å². The van der Waals surface area contributed by atoms with Gasteiger partial charge in [-0.05, 0) is 43.4 Å². The monoisotopic (exact) mass is 347 g/mol. The van der Waals surface area contributed by atoms with E-state index >= 15 is 0 Å². The lowest BCUT2D eigenvalue weighted by Gasteiger charge is -2.34. The van der Waals surface area contributed by atoms with Crippen molar-refractivity contribution in [1.29, 1.82) is 0 Å². The normalized spacial score (nSPS) is 15.2. The molecule has 1 amide bonds. The highest BCUT2D eigenvalue weighted by atomic mass is 16.1. The molecule has 0 saturated carbocycles. The molecule has 6 nitrogen and oxygen atoms in total. The summed E-state index contributed by atoms with van der Waals surface area (Å²) in [6, 6.07) is 13.3. The maximum absolute atomic E-state index is 12.5. The van der Waals surface area contributed by atoms with Gasteiger partial charge in [-0.3, -0.25) is 14.8 Å². The molecule has 4 rings (SSSR count). The zero-order chi connectivity index (χ0) is 17.9. The molecule has 26 heavy (non-hydrogen) atoms. The molecular weight excluding hydrogens is 326 g/mol. The molecule has 1 saturated heterocycles. The second-order valence-corrected chi connectivity index (χ2v) is 6.49. The molecule has 0 unspecified atom stereocenters. The molecule has 132 valence electrons. The number of piperazine rings is 1. The highest BCUT2D eigenvalue weighted by molar-refractivity contribution is 6.09. The Bertz CT molecular complexity index is 920. The van der Waals surface area contributed by atoms with Crippen molar-refractivity contribution in [2.75, 3.05) is 43.4 Å². The Hall–Kier alpha value is -2.99. The molecule has 2 aromatic heterocycles. The second kappa shape index (κ2) is 7.09. The summed E-state index contributed by atoms with van der Waals surface area (Å²) >= 11 is 0. The number of benzene rings is 1. The van der Waals surface area contributed by atoms with E-state index in [1.54, 1.807) is 30.6 Å². The molecule has 1 aliphatic rings. The van der Waals surface area contributed by atoms with E-state index in [9.17, 15) is 4.79 Å². The maximum atomic E-state index is 12.5. The number of rotatable bonds is 3. The van der Waals surface area contributed by atoms with Crippen LogP contribution in [0.3, 0.4) is 0 Å². The molecule has 0 aliphatic carbocycles. The number of carbonyl (C=O) groups excluding carboxylic acids is 1. The Labute approximate surface area is 152 Å². The number of anilines is 2. The van der Waals surface area contributed by atoms with E-state index < -0.39 is 0 Å². The van der Waals surface area contributed by atoms with Crippen molar-refractivity contribution in [3.63, 3.8) is 0 Å². The van der Waals surface area contributed by atoms with Gasteiger partial charge in [0.2, 0.25) is 0 Å². The first-order chi connectivity index (χ1) is 12.7. The van der Waals surface area contributed by atoms with Crippen molar-refractivity contribution in [3.8, 4) is 0 Å². The number of nitrogens with zero attached hydrogens (tertiary/aromatic N) is 4. The van der Waals surface area contributed by atoms with E-state index in [0.717, 1.165) is 42.8 Å². The fourth-order valence-corrected chi connectivity index (χ4v) is 3.26. The number of amides is 1. The van der Waals surface area contributed by atoms with Crippen LogP contribution in [0.1, 0.15) is 10.5 Å². The number of fused-ring (bicyclic) bond motifs is 1. The van der Waals surface area contributed by atoms with Crippen LogP contribution in [0, 0.1) is 0 Å². The Kier molecular flexibility index (Phi) is 4.50. The molecule has 3 heterocycles. The predicted molar refractivity (Wildman–Crippen MR) is 104 cm³/mol. The van der Waals surface area contributed by atoms with Crippen molar-refractivity contribution in [3.05, 3.63) is 60.6 Å². The van der Waals surface area contributed by atoms with Gasteiger partial charge in [0.15, 0.2) is 0 Å². The van der Waals surface area contributed by atoms with Gasteiger partial charge in [-0.25, -0.2) is 0 Å². The zero-order valence-electron chi connectivity index (χ0n) is 14.7. The number of likely N-dealkylation sites (N-methyl/N-ethyl adjacent to an activating group) is 1. The molecule has 0 bridgehead atoms. The van der Waals surface area contributed by atoms with Crippen LogP contribution in [-0.2, 0) is 0 Å². The Morgan fingerprint density at radius 1 is 0.962 bits per heavy atom. The number of carbonyl (C=O) groups is 1. The van der Waals surface area contributed by atoms with Crippen LogP contribution in [-0.4, -0.2) is 54.0 Å². The minimum absolute atomic E-state index is 0.232. The van der Waals surface area contributed by atoms with Crippen LogP contribution in [0.2, 0.25) is 0 Å². The number of hydrogen-bond acceptors (Lipinski definition) is 5. The predicted octanol–water partition coefficient (Wildman–Crippen LogP) is 2.63. The SMILES string of the molecule is CN1CCN(c2ccc(NC(=O)c3ccccn3)c3ncccc23)CC1. The van der Waals surface area contributed by atoms with Gasteiger partial charge in [-0.15, -0.1) is 0 Å².